The van der Waals surface area contributed by atoms with E-state index < -0.39 is 33.0 Å². The van der Waals surface area contributed by atoms with Crippen LogP contribution in [0, 0.1) is 11.6 Å². The first-order chi connectivity index (χ1) is 18.6. The van der Waals surface area contributed by atoms with Crippen molar-refractivity contribution in [2.75, 3.05) is 5.32 Å². The molecule has 1 atom stereocenters. The maximum Gasteiger partial charge on any atom is 0.258 e. The Morgan fingerprint density at radius 2 is 1.72 bits per heavy atom. The maximum absolute atomic E-state index is 13.7. The SMILES string of the molecule is CC(c1ccc(CC(=O)Nc2cc(Cl)c(C3(c4noc(-c5ccc(F)c(F)c5)n4)CC3)c(Cl)c2)cc1)[SH](=O)=O. The van der Waals surface area contributed by atoms with Crippen LogP contribution in [0.1, 0.15) is 47.5 Å². The summed E-state index contributed by atoms with van der Waals surface area (Å²) in [7, 11) is -2.58. The Bertz CT molecular complexity index is 1620. The van der Waals surface area contributed by atoms with Gasteiger partial charge in [0.15, 0.2) is 17.5 Å². The zero-order chi connectivity index (χ0) is 27.9. The number of benzene rings is 3. The smallest absolute Gasteiger partial charge is 0.258 e. The standard InChI is InChI=1S/C27H21Cl2F2N3O4S/c1-14(39(36)37)16-4-2-15(3-5-16)10-23(35)32-18-12-19(28)24(20(29)13-18)27(8-9-27)26-33-25(38-34-26)17-6-7-21(30)22(31)11-17/h2-7,11-14,39H,8-10H2,1H3,(H,32,35). The summed E-state index contributed by atoms with van der Waals surface area (Å²) in [5.41, 5.74) is 1.89. The van der Waals surface area contributed by atoms with Crippen LogP contribution < -0.4 is 5.32 Å². The van der Waals surface area contributed by atoms with Crippen LogP contribution >= 0.6 is 23.2 Å². The minimum absolute atomic E-state index is 0.0376. The number of nitrogens with zero attached hydrogens (tertiary/aromatic N) is 2. The molecule has 1 N–H and O–H groups in total. The molecule has 1 aromatic heterocycles. The van der Waals surface area contributed by atoms with Gasteiger partial charge in [-0.25, -0.2) is 17.2 Å². The number of hydrogen-bond donors (Lipinski definition) is 2. The highest BCUT2D eigenvalue weighted by Gasteiger charge is 2.52. The molecule has 1 unspecified atom stereocenters. The van der Waals surface area contributed by atoms with Gasteiger partial charge in [-0.1, -0.05) is 52.6 Å². The number of amides is 1. The number of aromatic nitrogens is 2. The van der Waals surface area contributed by atoms with Crippen LogP contribution in [0.25, 0.3) is 11.5 Å². The summed E-state index contributed by atoms with van der Waals surface area (Å²) < 4.78 is 54.7. The second-order valence-corrected chi connectivity index (χ2v) is 11.5. The second kappa shape index (κ2) is 10.7. The number of nitrogens with one attached hydrogen (secondary N) is 1. The van der Waals surface area contributed by atoms with E-state index in [0.29, 0.717) is 51.1 Å². The number of hydrogen-bond acceptors (Lipinski definition) is 6. The lowest BCUT2D eigenvalue weighted by atomic mass is 9.94. The third-order valence-corrected chi connectivity index (χ3v) is 8.24. The summed E-state index contributed by atoms with van der Waals surface area (Å²) in [6.07, 6.45) is 1.35. The van der Waals surface area contributed by atoms with Crippen LogP contribution in [0.3, 0.4) is 0 Å². The molecule has 0 radical (unpaired) electrons. The third kappa shape index (κ3) is 5.54. The van der Waals surface area contributed by atoms with Gasteiger partial charge in [-0.05, 0) is 61.2 Å². The van der Waals surface area contributed by atoms with E-state index in [2.05, 4.69) is 15.5 Å². The quantitative estimate of drug-likeness (QED) is 0.235. The molecule has 0 saturated heterocycles. The summed E-state index contributed by atoms with van der Waals surface area (Å²) in [6, 6.07) is 13.3. The molecule has 0 bridgehead atoms. The van der Waals surface area contributed by atoms with Gasteiger partial charge in [0, 0.05) is 26.9 Å². The molecule has 1 aliphatic carbocycles. The predicted octanol–water partition coefficient (Wildman–Crippen LogP) is 6.26. The Balaban J connectivity index is 1.32. The molecule has 1 saturated carbocycles. The van der Waals surface area contributed by atoms with Gasteiger partial charge in [0.2, 0.25) is 5.91 Å². The number of carbonyl (C=O) groups is 1. The van der Waals surface area contributed by atoms with Crippen LogP contribution in [0.4, 0.5) is 14.5 Å². The summed E-state index contributed by atoms with van der Waals surface area (Å²) in [5.74, 6) is -1.95. The van der Waals surface area contributed by atoms with E-state index in [1.807, 2.05) is 0 Å². The molecular formula is C27H21Cl2F2N3O4S. The van der Waals surface area contributed by atoms with Crippen molar-refractivity contribution in [1.29, 1.82) is 0 Å². The first-order valence-electron chi connectivity index (χ1n) is 11.9. The van der Waals surface area contributed by atoms with Crippen molar-refractivity contribution in [2.45, 2.75) is 36.9 Å². The monoisotopic (exact) mass is 591 g/mol. The Labute approximate surface area is 234 Å². The molecule has 202 valence electrons. The molecule has 4 aromatic rings. The van der Waals surface area contributed by atoms with E-state index in [4.69, 9.17) is 27.7 Å². The molecule has 1 heterocycles. The average molecular weight is 592 g/mol. The van der Waals surface area contributed by atoms with Gasteiger partial charge in [-0.2, -0.15) is 4.98 Å². The average Bonchev–Trinajstić information content (AvgIpc) is 3.51. The Hall–Kier alpha value is -3.34. The summed E-state index contributed by atoms with van der Waals surface area (Å²) in [6.45, 7) is 1.60. The number of halogens is 4. The van der Waals surface area contributed by atoms with Gasteiger partial charge >= 0.3 is 0 Å². The van der Waals surface area contributed by atoms with Crippen molar-refractivity contribution in [3.05, 3.63) is 98.8 Å². The second-order valence-electron chi connectivity index (χ2n) is 9.38. The number of rotatable bonds is 8. The zero-order valence-corrected chi connectivity index (χ0v) is 22.8. The van der Waals surface area contributed by atoms with Gasteiger partial charge in [-0.3, -0.25) is 4.79 Å². The zero-order valence-electron chi connectivity index (χ0n) is 20.4. The highest BCUT2D eigenvalue weighted by Crippen LogP contribution is 2.57. The van der Waals surface area contributed by atoms with Gasteiger partial charge in [0.1, 0.15) is 10.7 Å². The van der Waals surface area contributed by atoms with Crippen molar-refractivity contribution >= 4 is 45.5 Å². The molecule has 0 spiro atoms. The molecular weight excluding hydrogens is 571 g/mol. The predicted molar refractivity (Wildman–Crippen MR) is 144 cm³/mol. The Morgan fingerprint density at radius 1 is 1.05 bits per heavy atom. The maximum atomic E-state index is 13.7. The number of carbonyl (C=O) groups excluding carboxylic acids is 1. The topological polar surface area (TPSA) is 102 Å². The van der Waals surface area contributed by atoms with Gasteiger partial charge in [-0.15, -0.1) is 0 Å². The number of anilines is 1. The molecule has 0 aliphatic heterocycles. The van der Waals surface area contributed by atoms with Crippen LogP contribution in [0.15, 0.2) is 59.1 Å². The van der Waals surface area contributed by atoms with E-state index in [0.717, 1.165) is 12.1 Å². The van der Waals surface area contributed by atoms with Gasteiger partial charge in [0.25, 0.3) is 5.89 Å². The lowest BCUT2D eigenvalue weighted by Gasteiger charge is -2.17. The summed E-state index contributed by atoms with van der Waals surface area (Å²) >= 11 is 13.2. The van der Waals surface area contributed by atoms with E-state index in [-0.39, 0.29) is 23.8 Å². The van der Waals surface area contributed by atoms with E-state index in [1.54, 1.807) is 43.3 Å². The highest BCUT2D eigenvalue weighted by molar-refractivity contribution is 7.72. The summed E-state index contributed by atoms with van der Waals surface area (Å²) in [4.78, 5) is 17.1. The molecule has 39 heavy (non-hydrogen) atoms. The van der Waals surface area contributed by atoms with Crippen molar-refractivity contribution < 1.29 is 26.5 Å². The molecule has 1 fully saturated rings. The molecule has 12 heteroatoms. The minimum Gasteiger partial charge on any atom is -0.334 e. The van der Waals surface area contributed by atoms with Gasteiger partial charge < -0.3 is 9.84 Å². The number of thiol groups is 1. The van der Waals surface area contributed by atoms with E-state index in [9.17, 15) is 22.0 Å². The van der Waals surface area contributed by atoms with E-state index >= 15 is 0 Å². The first-order valence-corrected chi connectivity index (χ1v) is 13.9. The molecule has 3 aromatic carbocycles. The fraction of sp³-hybridized carbons (Fsp3) is 0.222. The summed E-state index contributed by atoms with van der Waals surface area (Å²) in [5, 5.41) is 6.84. The largest absolute Gasteiger partial charge is 0.334 e. The molecule has 7 nitrogen and oxygen atoms in total. The van der Waals surface area contributed by atoms with E-state index in [1.165, 1.54) is 6.07 Å². The Morgan fingerprint density at radius 3 is 2.31 bits per heavy atom. The Kier molecular flexibility index (Phi) is 7.45. The fourth-order valence-electron chi connectivity index (χ4n) is 4.40. The van der Waals surface area contributed by atoms with Gasteiger partial charge in [0.05, 0.1) is 17.1 Å². The lowest BCUT2D eigenvalue weighted by Crippen LogP contribution is -2.16. The third-order valence-electron chi connectivity index (χ3n) is 6.72. The fourth-order valence-corrected chi connectivity index (χ4v) is 5.67. The van der Waals surface area contributed by atoms with Crippen LogP contribution in [-0.2, 0) is 27.3 Å². The van der Waals surface area contributed by atoms with Crippen molar-refractivity contribution in [1.82, 2.24) is 10.1 Å². The molecule has 1 amide bonds. The van der Waals surface area contributed by atoms with Crippen LogP contribution in [0.2, 0.25) is 10.0 Å². The van der Waals surface area contributed by atoms with Crippen molar-refractivity contribution in [3.63, 3.8) is 0 Å². The first kappa shape index (κ1) is 27.2. The lowest BCUT2D eigenvalue weighted by molar-refractivity contribution is -0.115. The van der Waals surface area contributed by atoms with Crippen LogP contribution in [-0.4, -0.2) is 24.5 Å². The molecule has 5 rings (SSSR count). The van der Waals surface area contributed by atoms with Crippen LogP contribution in [0.5, 0.6) is 0 Å². The minimum atomic E-state index is -2.58. The normalized spacial score (nSPS) is 14.8. The highest BCUT2D eigenvalue weighted by atomic mass is 35.5. The van der Waals surface area contributed by atoms with Crippen molar-refractivity contribution in [3.8, 4) is 11.5 Å². The van der Waals surface area contributed by atoms with Crippen molar-refractivity contribution in [2.24, 2.45) is 0 Å². The molecule has 1 aliphatic rings.